The van der Waals surface area contributed by atoms with E-state index in [1.54, 1.807) is 0 Å². The minimum Gasteiger partial charge on any atom is -0.343 e. The first-order chi connectivity index (χ1) is 20.7. The van der Waals surface area contributed by atoms with Crippen LogP contribution >= 0.6 is 0 Å². The molecule has 0 fully saturated rings. The van der Waals surface area contributed by atoms with Gasteiger partial charge in [-0.2, -0.15) is 0 Å². The lowest BCUT2D eigenvalue weighted by Gasteiger charge is -2.22. The molecule has 0 atom stereocenters. The summed E-state index contributed by atoms with van der Waals surface area (Å²) in [6.45, 7) is 2.04. The van der Waals surface area contributed by atoms with Crippen LogP contribution in [-0.4, -0.2) is 4.57 Å². The largest absolute Gasteiger partial charge is 0.343 e. The maximum Gasteiger partial charge on any atom is 0.0574 e. The van der Waals surface area contributed by atoms with Crippen LogP contribution in [0.1, 0.15) is 6.92 Å². The number of nitrogens with zero attached hydrogens (tertiary/aromatic N) is 2. The van der Waals surface area contributed by atoms with Crippen LogP contribution in [0.15, 0.2) is 158 Å². The number of rotatable bonds is 6. The average Bonchev–Trinajstić information content (AvgIpc) is 3.34. The van der Waals surface area contributed by atoms with Crippen LogP contribution in [0.5, 0.6) is 0 Å². The predicted octanol–water partition coefficient (Wildman–Crippen LogP) is 11.0. The molecule has 42 heavy (non-hydrogen) atoms. The third-order valence-corrected chi connectivity index (χ3v) is 8.14. The second-order valence-corrected chi connectivity index (χ2v) is 10.6. The summed E-state index contributed by atoms with van der Waals surface area (Å²) < 4.78 is 2.35. The van der Waals surface area contributed by atoms with Crippen molar-refractivity contribution in [2.24, 2.45) is 7.05 Å². The van der Waals surface area contributed by atoms with Gasteiger partial charge in [0.15, 0.2) is 0 Å². The van der Waals surface area contributed by atoms with E-state index in [1.165, 1.54) is 54.8 Å². The van der Waals surface area contributed by atoms with E-state index in [1.807, 2.05) is 13.0 Å². The van der Waals surface area contributed by atoms with E-state index in [4.69, 9.17) is 0 Å². The molecule has 0 radical (unpaired) electrons. The summed E-state index contributed by atoms with van der Waals surface area (Å²) in [5.41, 5.74) is 9.66. The second-order valence-electron chi connectivity index (χ2n) is 10.6. The van der Waals surface area contributed by atoms with Gasteiger partial charge < -0.3 is 9.47 Å². The zero-order valence-electron chi connectivity index (χ0n) is 23.9. The van der Waals surface area contributed by atoms with E-state index in [0.717, 1.165) is 11.4 Å². The third kappa shape index (κ3) is 4.48. The Morgan fingerprint density at radius 3 is 1.86 bits per heavy atom. The van der Waals surface area contributed by atoms with Crippen molar-refractivity contribution in [1.82, 2.24) is 4.57 Å². The Labute approximate surface area is 247 Å². The summed E-state index contributed by atoms with van der Waals surface area (Å²) >= 11 is 0. The zero-order chi connectivity index (χ0) is 28.5. The molecule has 2 heteroatoms. The van der Waals surface area contributed by atoms with Gasteiger partial charge in [-0.3, -0.25) is 0 Å². The topological polar surface area (TPSA) is 8.17 Å². The molecule has 0 unspecified atom stereocenters. The van der Waals surface area contributed by atoms with Crippen molar-refractivity contribution >= 4 is 44.0 Å². The standard InChI is InChI=1S/C40H32N2/c1-3-4-12-27-42(33-23-19-30(20-24-33)29-13-6-5-7-14-29)34-25-21-31(22-26-34)39-35-16-9-8-15-32(35)28-37-36-17-10-11-18-38(36)41(2)40(37)39/h3-28H,1-2H3/b4-3-,27-12-. The molecule has 0 amide bonds. The van der Waals surface area contributed by atoms with Crippen molar-refractivity contribution in [3.63, 3.8) is 0 Å². The summed E-state index contributed by atoms with van der Waals surface area (Å²) in [5.74, 6) is 0. The van der Waals surface area contributed by atoms with Crippen LogP contribution in [0.2, 0.25) is 0 Å². The van der Waals surface area contributed by atoms with Gasteiger partial charge in [-0.1, -0.05) is 109 Å². The maximum atomic E-state index is 2.35. The molecule has 0 spiro atoms. The molecule has 6 aromatic carbocycles. The maximum absolute atomic E-state index is 2.35. The molecule has 0 saturated carbocycles. The first kappa shape index (κ1) is 25.6. The van der Waals surface area contributed by atoms with Crippen molar-refractivity contribution in [2.45, 2.75) is 6.92 Å². The Kier molecular flexibility index (Phi) is 6.65. The molecular weight excluding hydrogens is 508 g/mol. The number of benzene rings is 6. The highest BCUT2D eigenvalue weighted by Gasteiger charge is 2.17. The highest BCUT2D eigenvalue weighted by molar-refractivity contribution is 6.20. The Morgan fingerprint density at radius 2 is 1.14 bits per heavy atom. The van der Waals surface area contributed by atoms with Gasteiger partial charge in [-0.05, 0) is 76.9 Å². The number of para-hydroxylation sites is 1. The summed E-state index contributed by atoms with van der Waals surface area (Å²) in [6.07, 6.45) is 8.33. The van der Waals surface area contributed by atoms with Crippen LogP contribution in [0.3, 0.4) is 0 Å². The summed E-state index contributed by atoms with van der Waals surface area (Å²) in [4.78, 5) is 2.24. The number of allylic oxidation sites excluding steroid dienone is 3. The molecule has 0 aliphatic carbocycles. The Bertz CT molecular complexity index is 2080. The van der Waals surface area contributed by atoms with Crippen LogP contribution in [0.25, 0.3) is 54.8 Å². The number of aryl methyl sites for hydroxylation is 1. The fourth-order valence-electron chi connectivity index (χ4n) is 6.10. The van der Waals surface area contributed by atoms with Crippen molar-refractivity contribution < 1.29 is 0 Å². The lowest BCUT2D eigenvalue weighted by molar-refractivity contribution is 1.02. The van der Waals surface area contributed by atoms with Gasteiger partial charge in [0.1, 0.15) is 0 Å². The number of aromatic nitrogens is 1. The molecule has 0 saturated heterocycles. The lowest BCUT2D eigenvalue weighted by atomic mass is 9.94. The summed E-state index contributed by atoms with van der Waals surface area (Å²) in [7, 11) is 2.18. The van der Waals surface area contributed by atoms with Gasteiger partial charge in [0, 0.05) is 46.5 Å². The molecule has 7 aromatic rings. The van der Waals surface area contributed by atoms with Crippen molar-refractivity contribution in [1.29, 1.82) is 0 Å². The van der Waals surface area contributed by atoms with Crippen LogP contribution < -0.4 is 4.90 Å². The summed E-state index contributed by atoms with van der Waals surface area (Å²) in [5, 5.41) is 5.11. The third-order valence-electron chi connectivity index (χ3n) is 8.14. The van der Waals surface area contributed by atoms with Crippen molar-refractivity contribution in [3.8, 4) is 22.3 Å². The predicted molar refractivity (Wildman–Crippen MR) is 181 cm³/mol. The van der Waals surface area contributed by atoms with Gasteiger partial charge in [-0.25, -0.2) is 0 Å². The number of fused-ring (bicyclic) bond motifs is 4. The first-order valence-electron chi connectivity index (χ1n) is 14.5. The van der Waals surface area contributed by atoms with Crippen LogP contribution in [0, 0.1) is 0 Å². The van der Waals surface area contributed by atoms with Gasteiger partial charge in [0.2, 0.25) is 0 Å². The minimum atomic E-state index is 1.11. The molecule has 2 nitrogen and oxygen atoms in total. The SMILES string of the molecule is C/C=C\C=C/N(c1ccc(-c2ccccc2)cc1)c1ccc(-c2c3ccccc3cc3c4ccccc4n(C)c23)cc1. The van der Waals surface area contributed by atoms with Gasteiger partial charge in [-0.15, -0.1) is 0 Å². The molecule has 0 aliphatic heterocycles. The summed E-state index contributed by atoms with van der Waals surface area (Å²) in [6, 6.07) is 48.1. The molecule has 0 N–H and O–H groups in total. The zero-order valence-corrected chi connectivity index (χ0v) is 23.9. The highest BCUT2D eigenvalue weighted by atomic mass is 15.1. The van der Waals surface area contributed by atoms with Crippen LogP contribution in [0.4, 0.5) is 11.4 Å². The molecule has 202 valence electrons. The monoisotopic (exact) mass is 540 g/mol. The van der Waals surface area contributed by atoms with Crippen molar-refractivity contribution in [3.05, 3.63) is 158 Å². The van der Waals surface area contributed by atoms with E-state index in [-0.39, 0.29) is 0 Å². The number of anilines is 2. The van der Waals surface area contributed by atoms with E-state index < -0.39 is 0 Å². The van der Waals surface area contributed by atoms with E-state index >= 15 is 0 Å². The molecule has 1 heterocycles. The fourth-order valence-corrected chi connectivity index (χ4v) is 6.10. The Morgan fingerprint density at radius 1 is 0.548 bits per heavy atom. The van der Waals surface area contributed by atoms with Gasteiger partial charge in [0.25, 0.3) is 0 Å². The number of hydrogen-bond donors (Lipinski definition) is 0. The molecule has 0 aliphatic rings. The van der Waals surface area contributed by atoms with Crippen LogP contribution in [-0.2, 0) is 7.05 Å². The quantitative estimate of drug-likeness (QED) is 0.190. The Hall–Kier alpha value is -5.34. The lowest BCUT2D eigenvalue weighted by Crippen LogP contribution is -2.08. The normalized spacial score (nSPS) is 11.9. The fraction of sp³-hybridized carbons (Fsp3) is 0.0500. The Balaban J connectivity index is 1.34. The van der Waals surface area contributed by atoms with Crippen molar-refractivity contribution in [2.75, 3.05) is 4.90 Å². The molecular formula is C40H32N2. The first-order valence-corrected chi connectivity index (χ1v) is 14.5. The smallest absolute Gasteiger partial charge is 0.0574 e. The minimum absolute atomic E-state index is 1.11. The van der Waals surface area contributed by atoms with E-state index in [0.29, 0.717) is 0 Å². The molecule has 1 aromatic heterocycles. The van der Waals surface area contributed by atoms with Gasteiger partial charge in [0.05, 0.1) is 5.52 Å². The van der Waals surface area contributed by atoms with Gasteiger partial charge >= 0.3 is 0 Å². The van der Waals surface area contributed by atoms with E-state index in [2.05, 4.69) is 168 Å². The average molecular weight is 541 g/mol. The molecule has 7 rings (SSSR count). The second kappa shape index (κ2) is 10.9. The highest BCUT2D eigenvalue weighted by Crippen LogP contribution is 2.41. The van der Waals surface area contributed by atoms with E-state index in [9.17, 15) is 0 Å². The molecule has 0 bridgehead atoms. The number of hydrogen-bond acceptors (Lipinski definition) is 1.